The van der Waals surface area contributed by atoms with Crippen LogP contribution in [0.4, 0.5) is 0 Å². The van der Waals surface area contributed by atoms with Gasteiger partial charge in [-0.15, -0.1) is 0 Å². The Morgan fingerprint density at radius 2 is 2.07 bits per heavy atom. The number of hydrogen-bond donors (Lipinski definition) is 2. The average molecular weight is 526 g/mol. The van der Waals surface area contributed by atoms with Gasteiger partial charge in [-0.1, -0.05) is 30.0 Å². The van der Waals surface area contributed by atoms with Crippen LogP contribution < -0.4 is 10.2 Å². The fourth-order valence-electron chi connectivity index (χ4n) is 2.41. The van der Waals surface area contributed by atoms with Gasteiger partial charge in [0, 0.05) is 5.56 Å². The summed E-state index contributed by atoms with van der Waals surface area (Å²) in [4.78, 5) is 25.4. The van der Waals surface area contributed by atoms with Gasteiger partial charge in [-0.3, -0.25) is 15.0 Å². The summed E-state index contributed by atoms with van der Waals surface area (Å²) >= 11 is 8.32. The molecular formula is C19H15IN2O4S2. The number of nitrogens with one attached hydrogen (secondary N) is 1. The molecule has 1 aliphatic rings. The summed E-state index contributed by atoms with van der Waals surface area (Å²) in [7, 11) is 0. The molecule has 6 nitrogen and oxygen atoms in total. The fraction of sp³-hybridized carbons (Fsp3) is 0.105. The Hall–Kier alpha value is -2.11. The highest BCUT2D eigenvalue weighted by molar-refractivity contribution is 14.1. The maximum absolute atomic E-state index is 12.7. The van der Waals surface area contributed by atoms with Gasteiger partial charge in [-0.2, -0.15) is 5.01 Å². The molecule has 2 N–H and O–H groups in total. The Labute approximate surface area is 185 Å². The van der Waals surface area contributed by atoms with Crippen LogP contribution in [-0.2, 0) is 4.79 Å². The van der Waals surface area contributed by atoms with Crippen molar-refractivity contribution in [3.8, 4) is 11.5 Å². The van der Waals surface area contributed by atoms with E-state index < -0.39 is 11.8 Å². The van der Waals surface area contributed by atoms with Crippen molar-refractivity contribution < 1.29 is 19.4 Å². The lowest BCUT2D eigenvalue weighted by Crippen LogP contribution is -2.44. The first-order valence-electron chi connectivity index (χ1n) is 8.20. The van der Waals surface area contributed by atoms with Gasteiger partial charge in [0.05, 0.1) is 15.1 Å². The Bertz CT molecular complexity index is 979. The summed E-state index contributed by atoms with van der Waals surface area (Å²) in [6, 6.07) is 12.0. The summed E-state index contributed by atoms with van der Waals surface area (Å²) in [5, 5.41) is 11.1. The van der Waals surface area contributed by atoms with E-state index in [4.69, 9.17) is 17.0 Å². The summed E-state index contributed by atoms with van der Waals surface area (Å²) < 4.78 is 6.26. The minimum Gasteiger partial charge on any atom is -0.504 e. The summed E-state index contributed by atoms with van der Waals surface area (Å²) in [5.41, 5.74) is 3.65. The molecule has 0 bridgehead atoms. The van der Waals surface area contributed by atoms with Crippen molar-refractivity contribution in [1.29, 1.82) is 0 Å². The highest BCUT2D eigenvalue weighted by Crippen LogP contribution is 2.36. The molecule has 9 heteroatoms. The fourth-order valence-corrected chi connectivity index (χ4v) is 4.22. The molecule has 0 aromatic heterocycles. The standard InChI is InChI=1S/C19H15IN2O4S2/c1-2-26-14-9-11(8-13(20)16(14)23)10-15-18(25)22(19(27)28-15)21-17(24)12-6-4-3-5-7-12/h3-10,23H,2H2,1H3,(H,21,24)/b15-10-. The summed E-state index contributed by atoms with van der Waals surface area (Å²) in [6.07, 6.45) is 1.65. The highest BCUT2D eigenvalue weighted by Gasteiger charge is 2.33. The molecule has 2 amide bonds. The van der Waals surface area contributed by atoms with E-state index in [1.54, 1.807) is 48.5 Å². The molecule has 0 atom stereocenters. The van der Waals surface area contributed by atoms with E-state index in [0.717, 1.165) is 16.8 Å². The number of amides is 2. The lowest BCUT2D eigenvalue weighted by Gasteiger charge is -2.15. The number of hydrogen-bond acceptors (Lipinski definition) is 6. The molecule has 1 fully saturated rings. The molecule has 2 aromatic rings. The van der Waals surface area contributed by atoms with Crippen LogP contribution in [0.2, 0.25) is 0 Å². The maximum Gasteiger partial charge on any atom is 0.285 e. The number of phenols is 1. The quantitative estimate of drug-likeness (QED) is 0.349. The number of carbonyl (C=O) groups is 2. The van der Waals surface area contributed by atoms with Crippen molar-refractivity contribution in [3.63, 3.8) is 0 Å². The Kier molecular flexibility index (Phi) is 6.57. The molecule has 0 saturated carbocycles. The highest BCUT2D eigenvalue weighted by atomic mass is 127. The van der Waals surface area contributed by atoms with Crippen molar-refractivity contribution in [3.05, 3.63) is 62.1 Å². The van der Waals surface area contributed by atoms with Gasteiger partial charge >= 0.3 is 0 Å². The first-order chi connectivity index (χ1) is 13.4. The van der Waals surface area contributed by atoms with E-state index in [-0.39, 0.29) is 10.1 Å². The van der Waals surface area contributed by atoms with Crippen molar-refractivity contribution in [2.45, 2.75) is 6.92 Å². The zero-order valence-electron chi connectivity index (χ0n) is 14.6. The number of halogens is 1. The van der Waals surface area contributed by atoms with Gasteiger partial charge in [0.2, 0.25) is 0 Å². The molecule has 0 aliphatic carbocycles. The van der Waals surface area contributed by atoms with Crippen LogP contribution in [0.15, 0.2) is 47.4 Å². The minimum atomic E-state index is -0.420. The van der Waals surface area contributed by atoms with Crippen LogP contribution in [0, 0.1) is 3.57 Å². The van der Waals surface area contributed by atoms with Gasteiger partial charge in [0.1, 0.15) is 0 Å². The van der Waals surface area contributed by atoms with Crippen LogP contribution in [-0.4, -0.2) is 32.9 Å². The number of rotatable bonds is 5. The molecule has 0 radical (unpaired) electrons. The van der Waals surface area contributed by atoms with Crippen LogP contribution in [0.25, 0.3) is 6.08 Å². The molecule has 3 rings (SSSR count). The third kappa shape index (κ3) is 4.47. The molecule has 0 unspecified atom stereocenters. The third-order valence-corrected chi connectivity index (χ3v) is 5.82. The van der Waals surface area contributed by atoms with Gasteiger partial charge in [0.25, 0.3) is 11.8 Å². The average Bonchev–Trinajstić information content (AvgIpc) is 2.94. The number of nitrogens with zero attached hydrogens (tertiary/aromatic N) is 1. The molecular weight excluding hydrogens is 511 g/mol. The number of benzene rings is 2. The van der Waals surface area contributed by atoms with Crippen molar-refractivity contribution >= 4 is 68.8 Å². The Morgan fingerprint density at radius 3 is 2.75 bits per heavy atom. The van der Waals surface area contributed by atoms with Gasteiger partial charge in [-0.05, 0) is 77.6 Å². The zero-order chi connectivity index (χ0) is 20.3. The number of carbonyl (C=O) groups excluding carboxylic acids is 2. The van der Waals surface area contributed by atoms with Gasteiger partial charge < -0.3 is 9.84 Å². The Balaban J connectivity index is 1.82. The predicted molar refractivity (Wildman–Crippen MR) is 121 cm³/mol. The van der Waals surface area contributed by atoms with E-state index in [9.17, 15) is 14.7 Å². The predicted octanol–water partition coefficient (Wildman–Crippen LogP) is 3.94. The number of aromatic hydroxyl groups is 1. The second-order valence-electron chi connectivity index (χ2n) is 5.61. The van der Waals surface area contributed by atoms with Crippen LogP contribution in [0.3, 0.4) is 0 Å². The SMILES string of the molecule is CCOc1cc(/C=C2\SC(=S)N(NC(=O)c3ccccc3)C2=O)cc(I)c1O. The number of thiocarbonyl (C=S) groups is 1. The topological polar surface area (TPSA) is 78.9 Å². The molecule has 1 aliphatic heterocycles. The number of thioether (sulfide) groups is 1. The second kappa shape index (κ2) is 8.93. The van der Waals surface area contributed by atoms with E-state index in [1.165, 1.54) is 0 Å². The largest absolute Gasteiger partial charge is 0.504 e. The molecule has 144 valence electrons. The van der Waals surface area contributed by atoms with Gasteiger partial charge in [-0.25, -0.2) is 0 Å². The summed E-state index contributed by atoms with van der Waals surface area (Å²) in [6.45, 7) is 2.22. The number of ether oxygens (including phenoxy) is 1. The number of phenolic OH excluding ortho intramolecular Hbond substituents is 1. The van der Waals surface area contributed by atoms with E-state index in [2.05, 4.69) is 5.43 Å². The monoisotopic (exact) mass is 526 g/mol. The van der Waals surface area contributed by atoms with E-state index >= 15 is 0 Å². The van der Waals surface area contributed by atoms with Crippen molar-refractivity contribution in [1.82, 2.24) is 10.4 Å². The van der Waals surface area contributed by atoms with Crippen LogP contribution >= 0.6 is 46.6 Å². The maximum atomic E-state index is 12.7. The van der Waals surface area contributed by atoms with E-state index in [0.29, 0.717) is 32.0 Å². The second-order valence-corrected chi connectivity index (χ2v) is 8.44. The zero-order valence-corrected chi connectivity index (χ0v) is 18.4. The molecule has 1 saturated heterocycles. The number of hydrazine groups is 1. The lowest BCUT2D eigenvalue weighted by molar-refractivity contribution is -0.123. The van der Waals surface area contributed by atoms with Gasteiger partial charge in [0.15, 0.2) is 15.8 Å². The Morgan fingerprint density at radius 1 is 1.36 bits per heavy atom. The van der Waals surface area contributed by atoms with Crippen molar-refractivity contribution in [2.75, 3.05) is 6.61 Å². The normalized spacial score (nSPS) is 15.2. The van der Waals surface area contributed by atoms with Crippen molar-refractivity contribution in [2.24, 2.45) is 0 Å². The van der Waals surface area contributed by atoms with Crippen LogP contribution in [0.1, 0.15) is 22.8 Å². The first-order valence-corrected chi connectivity index (χ1v) is 10.5. The molecule has 0 spiro atoms. The smallest absolute Gasteiger partial charge is 0.285 e. The molecule has 1 heterocycles. The molecule has 2 aromatic carbocycles. The summed E-state index contributed by atoms with van der Waals surface area (Å²) in [5.74, 6) is -0.438. The minimum absolute atomic E-state index is 0.0577. The third-order valence-electron chi connectivity index (χ3n) is 3.69. The van der Waals surface area contributed by atoms with Crippen LogP contribution in [0.5, 0.6) is 11.5 Å². The first kappa shape index (κ1) is 20.6. The lowest BCUT2D eigenvalue weighted by atomic mass is 10.2. The molecule has 28 heavy (non-hydrogen) atoms. The van der Waals surface area contributed by atoms with E-state index in [1.807, 2.05) is 29.5 Å².